The number of phenols is 1. The van der Waals surface area contributed by atoms with Crippen LogP contribution in [0.15, 0.2) is 17.7 Å². The molecular formula is C26H32N2O9. The van der Waals surface area contributed by atoms with E-state index in [4.69, 9.17) is 10.5 Å². The number of amides is 2. The Hall–Kier alpha value is -3.44. The minimum atomic E-state index is -1.63. The van der Waals surface area contributed by atoms with Gasteiger partial charge in [0.1, 0.15) is 23.0 Å². The second-order valence-corrected chi connectivity index (χ2v) is 11.2. The Morgan fingerprint density at radius 2 is 1.68 bits per heavy atom. The number of phenolic OH excluding ortho intramolecular Hbond substituents is 1. The van der Waals surface area contributed by atoms with Gasteiger partial charge in [-0.25, -0.2) is 4.79 Å². The molecule has 2 fully saturated rings. The Morgan fingerprint density at radius 1 is 1.05 bits per heavy atom. The number of nitrogens with two attached hydrogens (primary N) is 1. The number of anilines is 1. The number of primary amides is 1. The first-order valence-corrected chi connectivity index (χ1v) is 12.1. The van der Waals surface area contributed by atoms with Gasteiger partial charge in [-0.15, -0.1) is 0 Å². The van der Waals surface area contributed by atoms with Gasteiger partial charge in [-0.2, -0.15) is 0 Å². The maximum Gasteiger partial charge on any atom is 0.412 e. The minimum Gasteiger partial charge on any atom is -0.507 e. The van der Waals surface area contributed by atoms with Crippen LogP contribution in [0.5, 0.6) is 5.75 Å². The fourth-order valence-electron chi connectivity index (χ4n) is 6.15. The Kier molecular flexibility index (Phi) is 6.36. The normalized spacial score (nSPS) is 33.3. The Labute approximate surface area is 213 Å². The van der Waals surface area contributed by atoms with Crippen molar-refractivity contribution < 1.29 is 44.3 Å². The van der Waals surface area contributed by atoms with Crippen molar-refractivity contribution in [1.29, 1.82) is 0 Å². The highest BCUT2D eigenvalue weighted by molar-refractivity contribution is 6.19. The van der Waals surface area contributed by atoms with Crippen molar-refractivity contribution in [3.8, 4) is 5.75 Å². The van der Waals surface area contributed by atoms with Crippen molar-refractivity contribution in [2.75, 3.05) is 5.32 Å². The van der Waals surface area contributed by atoms with Gasteiger partial charge in [0.2, 0.25) is 5.91 Å². The van der Waals surface area contributed by atoms with Gasteiger partial charge >= 0.3 is 6.09 Å². The fourth-order valence-corrected chi connectivity index (χ4v) is 6.15. The molecule has 4 rings (SSSR count). The number of aliphatic hydroxyl groups is 3. The Balaban J connectivity index is 1.82. The summed E-state index contributed by atoms with van der Waals surface area (Å²) in [5.41, 5.74) is 4.50. The molecule has 0 aliphatic heterocycles. The monoisotopic (exact) mass is 516 g/mol. The van der Waals surface area contributed by atoms with E-state index in [-0.39, 0.29) is 16.8 Å². The summed E-state index contributed by atoms with van der Waals surface area (Å²) >= 11 is 0. The van der Waals surface area contributed by atoms with Crippen molar-refractivity contribution in [2.45, 2.75) is 58.3 Å². The second-order valence-electron chi connectivity index (χ2n) is 11.2. The van der Waals surface area contributed by atoms with Crippen LogP contribution in [0.2, 0.25) is 0 Å². The number of hydrogen-bond acceptors (Lipinski definition) is 9. The largest absolute Gasteiger partial charge is 0.507 e. The van der Waals surface area contributed by atoms with E-state index in [0.717, 1.165) is 0 Å². The van der Waals surface area contributed by atoms with E-state index in [1.807, 2.05) is 0 Å². The standard InChI is InChI=1S/C26H32N2O9/c1-8-10-6-7-11(28-25(36)37-26(3,4)5)19(30)14(10)21(32)15-12(8)20(31)13-9(2)18(29)17(24(27)35)23(34)16(13)22(15)33/h6-9,12-13,16-18,20,29-32H,1-5H3,(H2,27,35)(H,28,36)/t8-,9?,12?,13?,16?,17?,18?,20-/m0/s1. The highest BCUT2D eigenvalue weighted by Gasteiger charge is 2.61. The molecule has 3 aliphatic rings. The summed E-state index contributed by atoms with van der Waals surface area (Å²) in [7, 11) is 0. The van der Waals surface area contributed by atoms with Gasteiger partial charge in [0.05, 0.1) is 29.4 Å². The molecule has 11 heteroatoms. The van der Waals surface area contributed by atoms with Gasteiger partial charge in [-0.3, -0.25) is 19.7 Å². The van der Waals surface area contributed by atoms with E-state index in [9.17, 15) is 39.6 Å². The first kappa shape index (κ1) is 26.6. The number of aliphatic hydroxyl groups excluding tert-OH is 3. The average Bonchev–Trinajstić information content (AvgIpc) is 2.76. The van der Waals surface area contributed by atoms with Crippen LogP contribution >= 0.6 is 0 Å². The predicted octanol–water partition coefficient (Wildman–Crippen LogP) is 1.60. The third kappa shape index (κ3) is 4.06. The van der Waals surface area contributed by atoms with Crippen molar-refractivity contribution >= 4 is 35.0 Å². The number of nitrogens with one attached hydrogen (secondary N) is 1. The third-order valence-corrected chi connectivity index (χ3v) is 7.80. The van der Waals surface area contributed by atoms with Crippen LogP contribution in [0.3, 0.4) is 0 Å². The number of fused-ring (bicyclic) bond motifs is 3. The second kappa shape index (κ2) is 8.84. The van der Waals surface area contributed by atoms with Crippen LogP contribution in [-0.4, -0.2) is 61.8 Å². The van der Waals surface area contributed by atoms with Crippen LogP contribution in [0.1, 0.15) is 51.7 Å². The SMILES string of the molecule is CC1C(O)C(C(N)=O)C(=O)C2C(=O)C3=C(O)c4c(ccc(NC(=O)OC(C)(C)C)c4O)[C@H](C)C3[C@H](O)C21. The number of Topliss-reactive ketones (excluding diaryl/α,β-unsaturated/α-hetero) is 2. The molecule has 37 heavy (non-hydrogen) atoms. The molecule has 1 aromatic rings. The van der Waals surface area contributed by atoms with Crippen LogP contribution < -0.4 is 11.1 Å². The van der Waals surface area contributed by atoms with Crippen molar-refractivity contribution in [2.24, 2.45) is 35.3 Å². The molecule has 3 aliphatic carbocycles. The fraction of sp³-hybridized carbons (Fsp3) is 0.538. The number of carbonyl (C=O) groups excluding carboxylic acids is 4. The molecule has 0 spiro atoms. The van der Waals surface area contributed by atoms with Crippen molar-refractivity contribution in [3.05, 3.63) is 28.8 Å². The average molecular weight is 517 g/mol. The lowest BCUT2D eigenvalue weighted by Crippen LogP contribution is -2.62. The van der Waals surface area contributed by atoms with Gasteiger partial charge in [0.15, 0.2) is 11.6 Å². The molecule has 0 radical (unpaired) electrons. The van der Waals surface area contributed by atoms with Crippen LogP contribution in [0.4, 0.5) is 10.5 Å². The number of carbonyl (C=O) groups is 4. The molecule has 2 saturated carbocycles. The third-order valence-electron chi connectivity index (χ3n) is 7.80. The first-order chi connectivity index (χ1) is 17.1. The molecule has 8 atom stereocenters. The van der Waals surface area contributed by atoms with Crippen molar-refractivity contribution in [1.82, 2.24) is 0 Å². The number of ether oxygens (including phenoxy) is 1. The van der Waals surface area contributed by atoms with E-state index in [2.05, 4.69) is 5.32 Å². The van der Waals surface area contributed by atoms with E-state index in [1.165, 1.54) is 13.0 Å². The van der Waals surface area contributed by atoms with Gasteiger partial charge in [-0.05, 0) is 44.2 Å². The molecule has 0 heterocycles. The van der Waals surface area contributed by atoms with Gasteiger partial charge in [-0.1, -0.05) is 19.9 Å². The zero-order chi connectivity index (χ0) is 27.7. The summed E-state index contributed by atoms with van der Waals surface area (Å²) in [5.74, 6) is -10.4. The number of ketones is 2. The Bertz CT molecular complexity index is 1230. The van der Waals surface area contributed by atoms with Gasteiger partial charge in [0, 0.05) is 17.4 Å². The molecule has 7 N–H and O–H groups in total. The van der Waals surface area contributed by atoms with E-state index >= 15 is 0 Å². The summed E-state index contributed by atoms with van der Waals surface area (Å²) in [5, 5.41) is 46.7. The molecule has 0 aromatic heterocycles. The van der Waals surface area contributed by atoms with E-state index in [1.54, 1.807) is 33.8 Å². The highest BCUT2D eigenvalue weighted by atomic mass is 16.6. The highest BCUT2D eigenvalue weighted by Crippen LogP contribution is 2.55. The maximum atomic E-state index is 13.7. The van der Waals surface area contributed by atoms with Crippen LogP contribution in [-0.2, 0) is 19.1 Å². The quantitative estimate of drug-likeness (QED) is 0.250. The number of rotatable bonds is 2. The number of benzene rings is 1. The zero-order valence-electron chi connectivity index (χ0n) is 21.2. The van der Waals surface area contributed by atoms with Crippen LogP contribution in [0.25, 0.3) is 5.76 Å². The molecule has 0 saturated heterocycles. The summed E-state index contributed by atoms with van der Waals surface area (Å²) in [6, 6.07) is 2.97. The summed E-state index contributed by atoms with van der Waals surface area (Å²) in [6.45, 7) is 8.24. The molecular weight excluding hydrogens is 484 g/mol. The topological polar surface area (TPSA) is 196 Å². The van der Waals surface area contributed by atoms with Gasteiger partial charge in [0.25, 0.3) is 0 Å². The lowest BCUT2D eigenvalue weighted by molar-refractivity contribution is -0.164. The van der Waals surface area contributed by atoms with E-state index < -0.39 is 88.4 Å². The van der Waals surface area contributed by atoms with E-state index in [0.29, 0.717) is 5.56 Å². The molecule has 2 amide bonds. The molecule has 1 aromatic carbocycles. The lowest BCUT2D eigenvalue weighted by Gasteiger charge is -2.51. The predicted molar refractivity (Wildman–Crippen MR) is 130 cm³/mol. The molecule has 200 valence electrons. The number of aromatic hydroxyl groups is 1. The molecule has 0 bridgehead atoms. The maximum absolute atomic E-state index is 13.7. The Morgan fingerprint density at radius 3 is 2.24 bits per heavy atom. The summed E-state index contributed by atoms with van der Waals surface area (Å²) < 4.78 is 5.21. The lowest BCUT2D eigenvalue weighted by atomic mass is 9.53. The summed E-state index contributed by atoms with van der Waals surface area (Å²) in [6.07, 6.45) is -3.64. The first-order valence-electron chi connectivity index (χ1n) is 12.1. The smallest absolute Gasteiger partial charge is 0.412 e. The molecule has 6 unspecified atom stereocenters. The van der Waals surface area contributed by atoms with Crippen LogP contribution in [0, 0.1) is 29.6 Å². The molecule has 11 nitrogen and oxygen atoms in total. The van der Waals surface area contributed by atoms with Crippen molar-refractivity contribution in [3.63, 3.8) is 0 Å². The minimum absolute atomic E-state index is 0.0771. The summed E-state index contributed by atoms with van der Waals surface area (Å²) in [4.78, 5) is 51.1. The number of hydrogen-bond donors (Lipinski definition) is 6. The zero-order valence-corrected chi connectivity index (χ0v) is 21.2. The van der Waals surface area contributed by atoms with Gasteiger partial charge < -0.3 is 30.9 Å².